The Labute approximate surface area is 163 Å². The van der Waals surface area contributed by atoms with Crippen molar-refractivity contribution in [1.82, 2.24) is 0 Å². The van der Waals surface area contributed by atoms with Gasteiger partial charge in [0.2, 0.25) is 9.84 Å². The average molecular weight is 393 g/mol. The molecule has 0 spiro atoms. The Morgan fingerprint density at radius 1 is 1.00 bits per heavy atom. The van der Waals surface area contributed by atoms with Crippen molar-refractivity contribution in [3.05, 3.63) is 101 Å². The van der Waals surface area contributed by atoms with Crippen LogP contribution in [0.4, 0.5) is 4.39 Å². The first-order chi connectivity index (χ1) is 13.5. The highest BCUT2D eigenvalue weighted by molar-refractivity contribution is 7.95. The van der Waals surface area contributed by atoms with Gasteiger partial charge in [-0.3, -0.25) is 0 Å². The molecule has 0 unspecified atom stereocenters. The standard InChI is InChI=1S/C22H16FNO3S/c23-22-12-5-4-8-18(22)16-27-19-9-6-7-17(13-19)14-21(15-24)28(25,26)20-10-2-1-3-11-20/h1-14H,16H2/b21-14-. The lowest BCUT2D eigenvalue weighted by Gasteiger charge is -2.08. The first-order valence-electron chi connectivity index (χ1n) is 8.39. The van der Waals surface area contributed by atoms with E-state index in [0.29, 0.717) is 16.9 Å². The molecular weight excluding hydrogens is 377 g/mol. The zero-order valence-electron chi connectivity index (χ0n) is 14.7. The molecule has 0 aliphatic heterocycles. The molecule has 0 aliphatic carbocycles. The summed E-state index contributed by atoms with van der Waals surface area (Å²) in [4.78, 5) is -0.320. The minimum absolute atomic E-state index is 0.0350. The van der Waals surface area contributed by atoms with Crippen LogP contribution in [0, 0.1) is 17.1 Å². The Morgan fingerprint density at radius 2 is 1.71 bits per heavy atom. The van der Waals surface area contributed by atoms with Crippen molar-refractivity contribution in [3.8, 4) is 11.8 Å². The quantitative estimate of drug-likeness (QED) is 0.567. The number of nitrogens with zero attached hydrogens (tertiary/aromatic N) is 1. The third kappa shape index (κ3) is 4.45. The monoisotopic (exact) mass is 393 g/mol. The minimum atomic E-state index is -3.91. The van der Waals surface area contributed by atoms with Crippen LogP contribution in [-0.4, -0.2) is 8.42 Å². The van der Waals surface area contributed by atoms with Crippen LogP contribution < -0.4 is 4.74 Å². The molecule has 3 aromatic carbocycles. The van der Waals surface area contributed by atoms with Crippen LogP contribution in [0.5, 0.6) is 5.75 Å². The van der Waals surface area contributed by atoms with Crippen LogP contribution >= 0.6 is 0 Å². The van der Waals surface area contributed by atoms with E-state index in [0.717, 1.165) is 0 Å². The van der Waals surface area contributed by atoms with Gasteiger partial charge >= 0.3 is 0 Å². The van der Waals surface area contributed by atoms with E-state index in [-0.39, 0.29) is 22.2 Å². The fraction of sp³-hybridized carbons (Fsp3) is 0.0455. The summed E-state index contributed by atoms with van der Waals surface area (Å²) in [5, 5.41) is 9.37. The number of benzene rings is 3. The summed E-state index contributed by atoms with van der Waals surface area (Å²) in [7, 11) is -3.91. The van der Waals surface area contributed by atoms with Gasteiger partial charge in [-0.25, -0.2) is 12.8 Å². The minimum Gasteiger partial charge on any atom is -0.489 e. The van der Waals surface area contributed by atoms with Gasteiger partial charge in [-0.15, -0.1) is 0 Å². The first-order valence-corrected chi connectivity index (χ1v) is 9.87. The number of nitriles is 1. The van der Waals surface area contributed by atoms with E-state index in [1.807, 2.05) is 0 Å². The lowest BCUT2D eigenvalue weighted by Crippen LogP contribution is -2.03. The van der Waals surface area contributed by atoms with E-state index in [1.54, 1.807) is 66.7 Å². The van der Waals surface area contributed by atoms with Gasteiger partial charge in [0, 0.05) is 5.56 Å². The Morgan fingerprint density at radius 3 is 2.43 bits per heavy atom. The van der Waals surface area contributed by atoms with Crippen molar-refractivity contribution >= 4 is 15.9 Å². The van der Waals surface area contributed by atoms with Crippen LogP contribution in [0.15, 0.2) is 88.7 Å². The lowest BCUT2D eigenvalue weighted by atomic mass is 10.2. The molecular formula is C22H16FNO3S. The molecule has 4 nitrogen and oxygen atoms in total. The van der Waals surface area contributed by atoms with E-state index in [4.69, 9.17) is 4.74 Å². The maximum atomic E-state index is 13.7. The van der Waals surface area contributed by atoms with E-state index < -0.39 is 9.84 Å². The molecule has 0 saturated carbocycles. The SMILES string of the molecule is N#C/C(=C/c1cccc(OCc2ccccc2F)c1)S(=O)(=O)c1ccccc1. The molecule has 0 bridgehead atoms. The Bertz CT molecular complexity index is 1150. The highest BCUT2D eigenvalue weighted by atomic mass is 32.2. The van der Waals surface area contributed by atoms with Crippen LogP contribution in [0.3, 0.4) is 0 Å². The predicted octanol–water partition coefficient (Wildman–Crippen LogP) is 4.74. The van der Waals surface area contributed by atoms with Gasteiger partial charge in [-0.2, -0.15) is 5.26 Å². The van der Waals surface area contributed by atoms with Gasteiger partial charge < -0.3 is 4.74 Å². The number of rotatable bonds is 6. The van der Waals surface area contributed by atoms with Gasteiger partial charge in [0.05, 0.1) is 4.90 Å². The molecule has 0 amide bonds. The zero-order chi connectivity index (χ0) is 20.0. The molecule has 0 atom stereocenters. The maximum Gasteiger partial charge on any atom is 0.216 e. The second kappa shape index (κ2) is 8.51. The van der Waals surface area contributed by atoms with E-state index in [9.17, 15) is 18.1 Å². The third-order valence-corrected chi connectivity index (χ3v) is 5.64. The van der Waals surface area contributed by atoms with Gasteiger partial charge in [-0.1, -0.05) is 48.5 Å². The second-order valence-electron chi connectivity index (χ2n) is 5.89. The summed E-state index contributed by atoms with van der Waals surface area (Å²) in [6.45, 7) is 0.0350. The average Bonchev–Trinajstić information content (AvgIpc) is 2.72. The molecule has 3 aromatic rings. The summed E-state index contributed by atoms with van der Waals surface area (Å²) in [6.07, 6.45) is 1.29. The van der Waals surface area contributed by atoms with Gasteiger partial charge in [0.1, 0.15) is 29.1 Å². The first kappa shape index (κ1) is 19.3. The van der Waals surface area contributed by atoms with Crippen molar-refractivity contribution in [2.24, 2.45) is 0 Å². The summed E-state index contributed by atoms with van der Waals surface area (Å²) in [6, 6.07) is 22.4. The fourth-order valence-corrected chi connectivity index (χ4v) is 3.70. The van der Waals surface area contributed by atoms with Crippen molar-refractivity contribution in [2.45, 2.75) is 11.5 Å². The molecule has 28 heavy (non-hydrogen) atoms. The molecule has 0 heterocycles. The fourth-order valence-electron chi connectivity index (χ4n) is 2.52. The zero-order valence-corrected chi connectivity index (χ0v) is 15.6. The lowest BCUT2D eigenvalue weighted by molar-refractivity contribution is 0.300. The topological polar surface area (TPSA) is 67.2 Å². The summed E-state index contributed by atoms with van der Waals surface area (Å²) in [5.41, 5.74) is 0.898. The van der Waals surface area contributed by atoms with Crippen LogP contribution in [0.25, 0.3) is 6.08 Å². The molecule has 0 N–H and O–H groups in total. The van der Waals surface area contributed by atoms with E-state index >= 15 is 0 Å². The second-order valence-corrected chi connectivity index (χ2v) is 7.81. The maximum absolute atomic E-state index is 13.7. The number of hydrogen-bond acceptors (Lipinski definition) is 4. The molecule has 0 fully saturated rings. The number of hydrogen-bond donors (Lipinski definition) is 0. The predicted molar refractivity (Wildman–Crippen MR) is 104 cm³/mol. The molecule has 3 rings (SSSR count). The number of sulfone groups is 1. The number of ether oxygens (including phenoxy) is 1. The number of allylic oxidation sites excluding steroid dienone is 1. The molecule has 140 valence electrons. The number of halogens is 1. The molecule has 0 aromatic heterocycles. The van der Waals surface area contributed by atoms with E-state index in [1.165, 1.54) is 24.3 Å². The molecule has 0 aliphatic rings. The molecule has 0 saturated heterocycles. The molecule has 0 radical (unpaired) electrons. The van der Waals surface area contributed by atoms with Crippen molar-refractivity contribution in [3.63, 3.8) is 0 Å². The summed E-state index contributed by atoms with van der Waals surface area (Å²) < 4.78 is 44.6. The molecule has 6 heteroatoms. The Hall–Kier alpha value is -3.43. The van der Waals surface area contributed by atoms with Crippen molar-refractivity contribution in [1.29, 1.82) is 5.26 Å². The van der Waals surface area contributed by atoms with Crippen LogP contribution in [0.2, 0.25) is 0 Å². The van der Waals surface area contributed by atoms with Gasteiger partial charge in [0.25, 0.3) is 0 Å². The van der Waals surface area contributed by atoms with Crippen molar-refractivity contribution < 1.29 is 17.5 Å². The largest absolute Gasteiger partial charge is 0.489 e. The Balaban J connectivity index is 1.85. The van der Waals surface area contributed by atoms with Crippen LogP contribution in [-0.2, 0) is 16.4 Å². The normalized spacial score (nSPS) is 11.6. The Kier molecular flexibility index (Phi) is 5.87. The highest BCUT2D eigenvalue weighted by Crippen LogP contribution is 2.23. The van der Waals surface area contributed by atoms with Crippen LogP contribution in [0.1, 0.15) is 11.1 Å². The van der Waals surface area contributed by atoms with E-state index in [2.05, 4.69) is 0 Å². The van der Waals surface area contributed by atoms with Gasteiger partial charge in [0.15, 0.2) is 0 Å². The highest BCUT2D eigenvalue weighted by Gasteiger charge is 2.20. The summed E-state index contributed by atoms with van der Waals surface area (Å²) in [5.74, 6) is 0.0747. The summed E-state index contributed by atoms with van der Waals surface area (Å²) >= 11 is 0. The smallest absolute Gasteiger partial charge is 0.216 e. The van der Waals surface area contributed by atoms with Crippen molar-refractivity contribution in [2.75, 3.05) is 0 Å². The van der Waals surface area contributed by atoms with Gasteiger partial charge in [-0.05, 0) is 42.0 Å². The third-order valence-electron chi connectivity index (χ3n) is 3.96.